The molecule has 1 saturated heterocycles. The molecule has 0 spiro atoms. The minimum atomic E-state index is 0. The maximum Gasteiger partial charge on any atom is 2.00 e. The second kappa shape index (κ2) is 6.60. The van der Waals surface area contributed by atoms with Gasteiger partial charge in [0.2, 0.25) is 0 Å². The van der Waals surface area contributed by atoms with Crippen LogP contribution in [0, 0.1) is 13.3 Å². The van der Waals surface area contributed by atoms with Gasteiger partial charge in [0.1, 0.15) is 0 Å². The van der Waals surface area contributed by atoms with Gasteiger partial charge in [0.15, 0.2) is 0 Å². The molecular formula is C12H20N2W. The molecule has 0 amide bonds. The van der Waals surface area contributed by atoms with Crippen LogP contribution in [0.25, 0.3) is 5.32 Å². The second-order valence-electron chi connectivity index (χ2n) is 4.09. The molecule has 0 aromatic rings. The second-order valence-corrected chi connectivity index (χ2v) is 4.09. The van der Waals surface area contributed by atoms with Crippen LogP contribution < -0.4 is 0 Å². The standard InChI is InChI=1S/C11H17N2.CH3.W/c1-8-7-11(13-9(8)2)10-3-5-12-6-4-10;;/h10H,3-7H2,1-2H3;1H3;/q2*-1;+2. The molecule has 2 rings (SSSR count). The van der Waals surface area contributed by atoms with E-state index in [2.05, 4.69) is 24.2 Å². The van der Waals surface area contributed by atoms with Crippen molar-refractivity contribution in [3.8, 4) is 0 Å². The molecule has 2 nitrogen and oxygen atoms in total. The molecule has 0 aliphatic carbocycles. The zero-order valence-electron chi connectivity index (χ0n) is 9.92. The summed E-state index contributed by atoms with van der Waals surface area (Å²) < 4.78 is 0. The van der Waals surface area contributed by atoms with Crippen LogP contribution in [-0.4, -0.2) is 18.8 Å². The Morgan fingerprint density at radius 2 is 1.80 bits per heavy atom. The van der Waals surface area contributed by atoms with Gasteiger partial charge in [-0.3, -0.25) is 4.99 Å². The maximum absolute atomic E-state index is 4.65. The Morgan fingerprint density at radius 3 is 2.27 bits per heavy atom. The summed E-state index contributed by atoms with van der Waals surface area (Å²) in [5.41, 5.74) is 4.12. The van der Waals surface area contributed by atoms with Gasteiger partial charge in [0.05, 0.1) is 0 Å². The summed E-state index contributed by atoms with van der Waals surface area (Å²) in [5, 5.41) is 4.37. The molecule has 2 heterocycles. The van der Waals surface area contributed by atoms with Gasteiger partial charge in [-0.25, -0.2) is 0 Å². The SMILES string of the molecule is CC1=C(C)N=C(C2CC[N-]CC2)C1.[CH3-].[W+2]. The smallest absolute Gasteiger partial charge is 0.662 e. The number of piperidine rings is 1. The van der Waals surface area contributed by atoms with Crippen LogP contribution in [0.5, 0.6) is 0 Å². The van der Waals surface area contributed by atoms with Gasteiger partial charge in [-0.15, -0.1) is 13.1 Å². The molecule has 0 aromatic heterocycles. The molecule has 15 heavy (non-hydrogen) atoms. The van der Waals surface area contributed by atoms with E-state index in [9.17, 15) is 0 Å². The summed E-state index contributed by atoms with van der Waals surface area (Å²) in [7, 11) is 0. The van der Waals surface area contributed by atoms with Crippen molar-refractivity contribution in [1.82, 2.24) is 0 Å². The number of allylic oxidation sites excluding steroid dienone is 2. The van der Waals surface area contributed by atoms with Crippen LogP contribution in [0.4, 0.5) is 0 Å². The summed E-state index contributed by atoms with van der Waals surface area (Å²) in [6.45, 7) is 6.40. The van der Waals surface area contributed by atoms with Gasteiger partial charge in [-0.05, 0) is 25.3 Å². The quantitative estimate of drug-likeness (QED) is 0.628. The topological polar surface area (TPSA) is 26.5 Å². The van der Waals surface area contributed by atoms with Gasteiger partial charge >= 0.3 is 21.1 Å². The van der Waals surface area contributed by atoms with Crippen molar-refractivity contribution < 1.29 is 21.1 Å². The Morgan fingerprint density at radius 1 is 1.20 bits per heavy atom. The molecular weight excluding hydrogens is 356 g/mol. The molecule has 1 fully saturated rings. The van der Waals surface area contributed by atoms with Crippen molar-refractivity contribution in [2.75, 3.05) is 13.1 Å². The third-order valence-electron chi connectivity index (χ3n) is 3.12. The molecule has 2 aliphatic heterocycles. The van der Waals surface area contributed by atoms with Crippen molar-refractivity contribution in [3.63, 3.8) is 0 Å². The number of rotatable bonds is 1. The first-order valence-electron chi connectivity index (χ1n) is 5.14. The Labute approximate surface area is 108 Å². The van der Waals surface area contributed by atoms with E-state index in [4.69, 9.17) is 0 Å². The van der Waals surface area contributed by atoms with Gasteiger partial charge in [-0.1, -0.05) is 12.8 Å². The molecule has 0 aromatic carbocycles. The molecule has 84 valence electrons. The van der Waals surface area contributed by atoms with Gasteiger partial charge in [0.25, 0.3) is 0 Å². The molecule has 0 saturated carbocycles. The number of nitrogens with zero attached hydrogens (tertiary/aromatic N) is 2. The fourth-order valence-corrected chi connectivity index (χ4v) is 2.07. The molecule has 0 unspecified atom stereocenters. The predicted molar refractivity (Wildman–Crippen MR) is 62.7 cm³/mol. The summed E-state index contributed by atoms with van der Waals surface area (Å²) in [5.74, 6) is 0.727. The van der Waals surface area contributed by atoms with Gasteiger partial charge in [0, 0.05) is 17.8 Å². The van der Waals surface area contributed by atoms with Crippen LogP contribution in [0.3, 0.4) is 0 Å². The van der Waals surface area contributed by atoms with E-state index >= 15 is 0 Å². The van der Waals surface area contributed by atoms with Crippen molar-refractivity contribution in [1.29, 1.82) is 0 Å². The molecule has 0 N–H and O–H groups in total. The number of hydrogen-bond acceptors (Lipinski definition) is 1. The fourth-order valence-electron chi connectivity index (χ4n) is 2.07. The third-order valence-corrected chi connectivity index (χ3v) is 3.12. The molecule has 2 aliphatic rings. The first-order valence-corrected chi connectivity index (χ1v) is 5.14. The van der Waals surface area contributed by atoms with Crippen molar-refractivity contribution >= 4 is 5.71 Å². The summed E-state index contributed by atoms with van der Waals surface area (Å²) in [6.07, 6.45) is 3.56. The molecule has 0 radical (unpaired) electrons. The van der Waals surface area contributed by atoms with Crippen LogP contribution in [-0.2, 0) is 21.1 Å². The van der Waals surface area contributed by atoms with Crippen LogP contribution in [0.15, 0.2) is 16.3 Å². The molecule has 3 heteroatoms. The van der Waals surface area contributed by atoms with Crippen molar-refractivity contribution in [2.24, 2.45) is 10.9 Å². The van der Waals surface area contributed by atoms with Crippen molar-refractivity contribution in [3.05, 3.63) is 24.0 Å². The van der Waals surface area contributed by atoms with E-state index in [1.807, 2.05) is 0 Å². The van der Waals surface area contributed by atoms with Crippen LogP contribution >= 0.6 is 0 Å². The largest absolute Gasteiger partial charge is 2.00 e. The fraction of sp³-hybridized carbons (Fsp3) is 0.667. The first-order chi connectivity index (χ1) is 6.27. The van der Waals surface area contributed by atoms with E-state index in [1.54, 1.807) is 0 Å². The predicted octanol–water partition coefficient (Wildman–Crippen LogP) is 3.36. The van der Waals surface area contributed by atoms with E-state index in [0.29, 0.717) is 0 Å². The van der Waals surface area contributed by atoms with E-state index < -0.39 is 0 Å². The zero-order valence-corrected chi connectivity index (χ0v) is 12.8. The Bertz CT molecular complexity index is 263. The summed E-state index contributed by atoms with van der Waals surface area (Å²) in [4.78, 5) is 4.65. The Balaban J connectivity index is 0.000000980. The average Bonchev–Trinajstić information content (AvgIpc) is 2.49. The van der Waals surface area contributed by atoms with Gasteiger partial charge in [-0.2, -0.15) is 0 Å². The molecule has 0 bridgehead atoms. The first kappa shape index (κ1) is 15.1. The van der Waals surface area contributed by atoms with Crippen LogP contribution in [0.1, 0.15) is 33.1 Å². The van der Waals surface area contributed by atoms with E-state index in [1.165, 1.54) is 29.8 Å². The maximum atomic E-state index is 4.65. The number of hydrogen-bond donors (Lipinski definition) is 0. The summed E-state index contributed by atoms with van der Waals surface area (Å²) >= 11 is 0. The molecule has 0 atom stereocenters. The monoisotopic (exact) mass is 376 g/mol. The minimum absolute atomic E-state index is 0. The summed E-state index contributed by atoms with van der Waals surface area (Å²) in [6, 6.07) is 0. The van der Waals surface area contributed by atoms with Crippen molar-refractivity contribution in [2.45, 2.75) is 33.1 Å². The minimum Gasteiger partial charge on any atom is -0.662 e. The van der Waals surface area contributed by atoms with Crippen LogP contribution in [0.2, 0.25) is 0 Å². The Hall–Kier alpha value is 0.0583. The normalized spacial score (nSPS) is 21.9. The Kier molecular flexibility index (Phi) is 6.63. The van der Waals surface area contributed by atoms with E-state index in [-0.39, 0.29) is 28.5 Å². The average molecular weight is 376 g/mol. The third kappa shape index (κ3) is 3.53. The van der Waals surface area contributed by atoms with E-state index in [0.717, 1.165) is 25.4 Å². The number of aliphatic imine (C=N–C) groups is 1. The zero-order chi connectivity index (χ0) is 9.26. The van der Waals surface area contributed by atoms with Gasteiger partial charge < -0.3 is 12.7 Å².